The van der Waals surface area contributed by atoms with Crippen LogP contribution >= 0.6 is 0 Å². The molecule has 1 aromatic rings. The maximum atomic E-state index is 12.3. The standard InChI is InChI=1S/C15H21N3O7/c1-7(20)22-6-8-4-18(14(21)17-12(8)16)13-11-10(9(5-19)23-13)24-15(2,3)25-11/h4,9-11,13,19H,5-6H2,1-3H3,(H2,16,17,21). The van der Waals surface area contributed by atoms with E-state index >= 15 is 0 Å². The van der Waals surface area contributed by atoms with Crippen molar-refractivity contribution in [1.29, 1.82) is 0 Å². The van der Waals surface area contributed by atoms with Gasteiger partial charge in [-0.25, -0.2) is 4.79 Å². The van der Waals surface area contributed by atoms with Gasteiger partial charge in [-0.1, -0.05) is 0 Å². The molecule has 0 saturated carbocycles. The summed E-state index contributed by atoms with van der Waals surface area (Å²) in [5, 5.41) is 9.52. The third-order valence-corrected chi connectivity index (χ3v) is 4.07. The number of esters is 1. The Morgan fingerprint density at radius 3 is 2.76 bits per heavy atom. The number of rotatable bonds is 4. The highest BCUT2D eigenvalue weighted by Crippen LogP contribution is 2.42. The Morgan fingerprint density at radius 1 is 1.44 bits per heavy atom. The summed E-state index contributed by atoms with van der Waals surface area (Å²) in [6.45, 7) is 4.35. The highest BCUT2D eigenvalue weighted by Gasteiger charge is 2.55. The van der Waals surface area contributed by atoms with Gasteiger partial charge in [-0.3, -0.25) is 9.36 Å². The van der Waals surface area contributed by atoms with Crippen molar-refractivity contribution in [3.05, 3.63) is 22.2 Å². The molecule has 0 bridgehead atoms. The number of nitrogen functional groups attached to an aromatic ring is 1. The predicted molar refractivity (Wildman–Crippen MR) is 83.2 cm³/mol. The second-order valence-corrected chi connectivity index (χ2v) is 6.43. The van der Waals surface area contributed by atoms with Crippen molar-refractivity contribution in [2.24, 2.45) is 0 Å². The van der Waals surface area contributed by atoms with Gasteiger partial charge in [0.2, 0.25) is 0 Å². The van der Waals surface area contributed by atoms with Gasteiger partial charge in [0.05, 0.1) is 6.61 Å². The number of carbonyl (C=O) groups is 1. The highest BCUT2D eigenvalue weighted by molar-refractivity contribution is 5.66. The van der Waals surface area contributed by atoms with Crippen LogP contribution in [0.25, 0.3) is 0 Å². The van der Waals surface area contributed by atoms with E-state index in [9.17, 15) is 14.7 Å². The van der Waals surface area contributed by atoms with E-state index in [2.05, 4.69) is 4.98 Å². The number of hydrogen-bond donors (Lipinski definition) is 2. The number of nitrogens with two attached hydrogens (primary N) is 1. The van der Waals surface area contributed by atoms with Crippen LogP contribution in [-0.4, -0.2) is 51.3 Å². The van der Waals surface area contributed by atoms with E-state index < -0.39 is 42.0 Å². The Hall–Kier alpha value is -2.01. The van der Waals surface area contributed by atoms with E-state index in [0.29, 0.717) is 5.56 Å². The van der Waals surface area contributed by atoms with Crippen LogP contribution in [0, 0.1) is 0 Å². The normalized spacial score (nSPS) is 30.2. The van der Waals surface area contributed by atoms with Crippen LogP contribution in [-0.2, 0) is 30.3 Å². The first-order valence-electron chi connectivity index (χ1n) is 7.84. The molecule has 10 nitrogen and oxygen atoms in total. The van der Waals surface area contributed by atoms with Gasteiger partial charge >= 0.3 is 11.7 Å². The Kier molecular flexibility index (Phi) is 4.54. The van der Waals surface area contributed by atoms with Gasteiger partial charge in [0, 0.05) is 18.7 Å². The van der Waals surface area contributed by atoms with E-state index in [4.69, 9.17) is 24.7 Å². The van der Waals surface area contributed by atoms with E-state index in [-0.39, 0.29) is 19.0 Å². The molecule has 4 atom stereocenters. The fourth-order valence-corrected chi connectivity index (χ4v) is 3.02. The predicted octanol–water partition coefficient (Wildman–Crippen LogP) is -0.702. The smallest absolute Gasteiger partial charge is 0.351 e. The molecule has 2 saturated heterocycles. The Labute approximate surface area is 143 Å². The fourth-order valence-electron chi connectivity index (χ4n) is 3.02. The largest absolute Gasteiger partial charge is 0.461 e. The lowest BCUT2D eigenvalue weighted by molar-refractivity contribution is -0.200. The summed E-state index contributed by atoms with van der Waals surface area (Å²) < 4.78 is 23.5. The molecule has 138 valence electrons. The molecule has 1 aromatic heterocycles. The number of nitrogens with zero attached hydrogens (tertiary/aromatic N) is 2. The molecule has 0 aliphatic carbocycles. The van der Waals surface area contributed by atoms with Crippen LogP contribution in [0.2, 0.25) is 0 Å². The molecule has 3 rings (SSSR count). The number of fused-ring (bicyclic) bond motifs is 1. The molecule has 25 heavy (non-hydrogen) atoms. The van der Waals surface area contributed by atoms with Crippen LogP contribution in [0.1, 0.15) is 32.6 Å². The summed E-state index contributed by atoms with van der Waals surface area (Å²) >= 11 is 0. The molecule has 3 heterocycles. The van der Waals surface area contributed by atoms with Gasteiger partial charge in [0.1, 0.15) is 30.7 Å². The average molecular weight is 355 g/mol. The molecule has 2 fully saturated rings. The number of ether oxygens (including phenoxy) is 4. The van der Waals surface area contributed by atoms with Crippen LogP contribution < -0.4 is 11.4 Å². The minimum atomic E-state index is -0.865. The van der Waals surface area contributed by atoms with Crippen molar-refractivity contribution in [3.63, 3.8) is 0 Å². The summed E-state index contributed by atoms with van der Waals surface area (Å²) in [5.74, 6) is -1.38. The van der Waals surface area contributed by atoms with Gasteiger partial charge in [0.25, 0.3) is 0 Å². The van der Waals surface area contributed by atoms with E-state index in [1.54, 1.807) is 13.8 Å². The molecular formula is C15H21N3O7. The van der Waals surface area contributed by atoms with Crippen LogP contribution in [0.15, 0.2) is 11.0 Å². The molecule has 0 aromatic carbocycles. The molecule has 10 heteroatoms. The first-order chi connectivity index (χ1) is 11.7. The zero-order valence-corrected chi connectivity index (χ0v) is 14.2. The number of aliphatic hydroxyl groups excluding tert-OH is 1. The average Bonchev–Trinajstić information content (AvgIpc) is 2.99. The Bertz CT molecular complexity index is 732. The van der Waals surface area contributed by atoms with Crippen molar-refractivity contribution < 1.29 is 28.8 Å². The van der Waals surface area contributed by atoms with Gasteiger partial charge in [-0.05, 0) is 13.8 Å². The Balaban J connectivity index is 1.94. The lowest BCUT2D eigenvalue weighted by Crippen LogP contribution is -2.35. The molecule has 0 radical (unpaired) electrons. The van der Waals surface area contributed by atoms with E-state index in [0.717, 1.165) is 0 Å². The van der Waals surface area contributed by atoms with Crippen LogP contribution in [0.3, 0.4) is 0 Å². The second kappa shape index (κ2) is 6.37. The molecular weight excluding hydrogens is 334 g/mol. The summed E-state index contributed by atoms with van der Waals surface area (Å²) in [6.07, 6.45) is -1.19. The lowest BCUT2D eigenvalue weighted by atomic mass is 10.1. The molecule has 3 N–H and O–H groups in total. The molecule has 2 aliphatic rings. The number of aliphatic hydroxyl groups is 1. The van der Waals surface area contributed by atoms with Gasteiger partial charge in [-0.2, -0.15) is 4.98 Å². The SMILES string of the molecule is CC(=O)OCc1cn(C2OC(CO)C3OC(C)(C)OC32)c(=O)nc1N. The third kappa shape index (κ3) is 3.38. The minimum absolute atomic E-state index is 0.0281. The number of anilines is 1. The number of carbonyl (C=O) groups excluding carboxylic acids is 1. The Morgan fingerprint density at radius 2 is 2.12 bits per heavy atom. The number of aromatic nitrogens is 2. The molecule has 0 amide bonds. The maximum Gasteiger partial charge on any atom is 0.351 e. The van der Waals surface area contributed by atoms with Crippen molar-refractivity contribution in [3.8, 4) is 0 Å². The minimum Gasteiger partial charge on any atom is -0.461 e. The van der Waals surface area contributed by atoms with Crippen molar-refractivity contribution in [2.45, 2.75) is 57.7 Å². The zero-order chi connectivity index (χ0) is 18.4. The van der Waals surface area contributed by atoms with Crippen molar-refractivity contribution >= 4 is 11.8 Å². The second-order valence-electron chi connectivity index (χ2n) is 6.43. The monoisotopic (exact) mass is 355 g/mol. The highest BCUT2D eigenvalue weighted by atomic mass is 16.8. The maximum absolute atomic E-state index is 12.3. The summed E-state index contributed by atoms with van der Waals surface area (Å²) in [7, 11) is 0. The molecule has 4 unspecified atom stereocenters. The van der Waals surface area contributed by atoms with Crippen LogP contribution in [0.5, 0.6) is 0 Å². The van der Waals surface area contributed by atoms with Gasteiger partial charge < -0.3 is 29.8 Å². The quantitative estimate of drug-likeness (QED) is 0.672. The summed E-state index contributed by atoms with van der Waals surface area (Å²) in [6, 6.07) is 0. The van der Waals surface area contributed by atoms with Crippen molar-refractivity contribution in [1.82, 2.24) is 9.55 Å². The van der Waals surface area contributed by atoms with E-state index in [1.165, 1.54) is 17.7 Å². The third-order valence-electron chi connectivity index (χ3n) is 4.07. The fraction of sp³-hybridized carbons (Fsp3) is 0.667. The lowest BCUT2D eigenvalue weighted by Gasteiger charge is -2.24. The molecule has 2 aliphatic heterocycles. The zero-order valence-electron chi connectivity index (χ0n) is 14.2. The first-order valence-corrected chi connectivity index (χ1v) is 7.84. The van der Waals surface area contributed by atoms with Crippen molar-refractivity contribution in [2.75, 3.05) is 12.3 Å². The van der Waals surface area contributed by atoms with Gasteiger partial charge in [0.15, 0.2) is 12.0 Å². The van der Waals surface area contributed by atoms with Gasteiger partial charge in [-0.15, -0.1) is 0 Å². The molecule has 0 spiro atoms. The van der Waals surface area contributed by atoms with Crippen LogP contribution in [0.4, 0.5) is 5.82 Å². The topological polar surface area (TPSA) is 135 Å². The summed E-state index contributed by atoms with van der Waals surface area (Å²) in [4.78, 5) is 27.0. The first kappa shape index (κ1) is 17.8. The van der Waals surface area contributed by atoms with E-state index in [1.807, 2.05) is 0 Å². The number of hydrogen-bond acceptors (Lipinski definition) is 9. The summed E-state index contributed by atoms with van der Waals surface area (Å²) in [5.41, 5.74) is 5.45.